The Morgan fingerprint density at radius 3 is 1.11 bits per heavy atom. The number of fused-ring (bicyclic) bond motifs is 19. The molecule has 27 rings (SSSR count). The second-order valence-corrected chi connectivity index (χ2v) is 36.2. The first kappa shape index (κ1) is 80.3. The van der Waals surface area contributed by atoms with Crippen molar-refractivity contribution >= 4 is 141 Å². The molecule has 0 fully saturated rings. The summed E-state index contributed by atoms with van der Waals surface area (Å²) in [6.45, 7) is 6.76. The van der Waals surface area contributed by atoms with Gasteiger partial charge in [-0.1, -0.05) is 391 Å². The number of nitrogens with zero attached hydrogens (tertiary/aromatic N) is 9. The summed E-state index contributed by atoms with van der Waals surface area (Å²) < 4.78 is 9.20. The molecule has 0 unspecified atom stereocenters. The Morgan fingerprint density at radius 1 is 0.184 bits per heavy atom. The lowest BCUT2D eigenvalue weighted by atomic mass is 9.86. The molecular weight excluding hydrogens is 1650 g/mol. The lowest BCUT2D eigenvalue weighted by Crippen LogP contribution is -2.10. The highest BCUT2D eigenvalue weighted by atomic mass is 15.2. The number of pyridine rings is 1. The summed E-state index contributed by atoms with van der Waals surface area (Å²) in [7, 11) is 0. The first-order valence-electron chi connectivity index (χ1n) is 46.5. The van der Waals surface area contributed by atoms with Gasteiger partial charge >= 0.3 is 0 Å². The van der Waals surface area contributed by atoms with Crippen molar-refractivity contribution in [2.45, 2.75) is 26.2 Å². The minimum Gasteiger partial charge on any atom is -0.309 e. The molecule has 0 aliphatic rings. The van der Waals surface area contributed by atoms with E-state index in [2.05, 4.69) is 488 Å². The molecule has 136 heavy (non-hydrogen) atoms. The van der Waals surface area contributed by atoms with Gasteiger partial charge in [0, 0.05) is 76.1 Å². The second-order valence-electron chi connectivity index (χ2n) is 36.2. The first-order valence-corrected chi connectivity index (χ1v) is 46.5. The highest BCUT2D eigenvalue weighted by Crippen LogP contribution is 2.47. The van der Waals surface area contributed by atoms with Crippen LogP contribution in [0, 0.1) is 0 Å². The van der Waals surface area contributed by atoms with Crippen LogP contribution in [0.5, 0.6) is 0 Å². The fourth-order valence-electron chi connectivity index (χ4n) is 20.6. The lowest BCUT2D eigenvalue weighted by Gasteiger charge is -2.19. The number of hydrogen-bond acceptors (Lipinski definition) is 5. The quantitative estimate of drug-likeness (QED) is 0.129. The Bertz CT molecular complexity index is 9360. The monoisotopic (exact) mass is 1740 g/mol. The van der Waals surface area contributed by atoms with Gasteiger partial charge in [0.25, 0.3) is 0 Å². The van der Waals surface area contributed by atoms with Gasteiger partial charge in [-0.25, -0.2) is 24.9 Å². The SMILES string of the molecule is CC(C)(C)c1ccc(-c2ccc3c4c5ccccc5ccc4n(-c4nc(-c5ccccc5)c5ccccc5n4)c3c2)cc1.c1ccc(-c2cc(-n3c4ccccc4c4cc(-c5ccc6c(c5)c5ccccc5n6-c5ccccc5)ccc43)nc3ccccc23)cc1.c1ccc(-c2ccc3c(c2)c2c4ccccc4c(-c4ccccc4)cc2n3-c2nc(-c3ccccc3)c3ccccc3n2)cc1. The van der Waals surface area contributed by atoms with E-state index in [9.17, 15) is 0 Å². The van der Waals surface area contributed by atoms with Gasteiger partial charge in [-0.2, -0.15) is 0 Å². The van der Waals surface area contributed by atoms with Crippen molar-refractivity contribution in [1.29, 1.82) is 0 Å². The van der Waals surface area contributed by atoms with Crippen LogP contribution < -0.4 is 0 Å². The minimum absolute atomic E-state index is 0.111. The zero-order chi connectivity index (χ0) is 90.5. The number of hydrogen-bond donors (Lipinski definition) is 0. The van der Waals surface area contributed by atoms with E-state index in [1.165, 1.54) is 143 Å². The van der Waals surface area contributed by atoms with Gasteiger partial charge in [0.05, 0.1) is 72.1 Å². The fraction of sp³-hybridized carbons (Fsp3) is 0.0315. The molecule has 0 aliphatic carbocycles. The van der Waals surface area contributed by atoms with Crippen LogP contribution in [0.25, 0.3) is 243 Å². The third-order valence-electron chi connectivity index (χ3n) is 27.1. The van der Waals surface area contributed by atoms with Gasteiger partial charge in [0.1, 0.15) is 5.82 Å². The van der Waals surface area contributed by atoms with Crippen LogP contribution in [-0.4, -0.2) is 43.2 Å². The molecule has 0 bridgehead atoms. The van der Waals surface area contributed by atoms with Crippen LogP contribution in [-0.2, 0) is 5.41 Å². The molecule has 7 heterocycles. The summed E-state index contributed by atoms with van der Waals surface area (Å²) in [4.78, 5) is 26.2. The summed E-state index contributed by atoms with van der Waals surface area (Å²) in [6, 6.07) is 169. The van der Waals surface area contributed by atoms with E-state index in [1.54, 1.807) is 0 Å². The Kier molecular flexibility index (Phi) is 19.6. The van der Waals surface area contributed by atoms with Gasteiger partial charge in [-0.15, -0.1) is 0 Å². The van der Waals surface area contributed by atoms with Crippen molar-refractivity contribution in [2.24, 2.45) is 0 Å². The Morgan fingerprint density at radius 2 is 0.551 bits per heavy atom. The highest BCUT2D eigenvalue weighted by molar-refractivity contribution is 6.26. The topological polar surface area (TPSA) is 84.2 Å². The third kappa shape index (κ3) is 14.0. The maximum absolute atomic E-state index is 5.33. The molecule has 0 saturated carbocycles. The predicted molar refractivity (Wildman–Crippen MR) is 570 cm³/mol. The molecule has 0 radical (unpaired) electrons. The van der Waals surface area contributed by atoms with E-state index in [4.69, 9.17) is 24.9 Å². The van der Waals surface area contributed by atoms with Gasteiger partial charge in [-0.05, 0) is 191 Å². The van der Waals surface area contributed by atoms with Crippen molar-refractivity contribution in [1.82, 2.24) is 43.2 Å². The number of para-hydroxylation sites is 6. The zero-order valence-electron chi connectivity index (χ0n) is 75.1. The van der Waals surface area contributed by atoms with Crippen LogP contribution in [0.2, 0.25) is 0 Å². The standard InChI is InChI=1S/C45H29N3.C42H27N3.C40H31N3/c1-3-13-30(14-4-1)37-29-45(46-40-20-10-7-17-34(37)40)48-42-22-12-9-19-36(42)39-28-32(24-26-44(39)48)31-23-25-43-38(27-31)35-18-8-11-21-41(35)47(43)33-15-5-2-6-16-33;1-4-14-28(15-5-1)31-24-25-38-36(26-31)40-33-21-11-10-20-32(33)35(29-16-6-2-7-17-29)27-39(40)45(38)42-43-37-23-13-12-22-34(37)41(44-42)30-18-8-3-9-19-30;1-40(2,3)30-21-17-26(18-22-30)29-19-23-33-36(25-29)43(35-24-20-27-11-7-8-14-31(27)37(33)35)39-41-34-16-10-9-15-32(34)38(42-39)28-12-5-4-6-13-28/h1-29H;1-27H;4-25H,1-3H3. The molecule has 0 amide bonds. The highest BCUT2D eigenvalue weighted by Gasteiger charge is 2.26. The molecule has 640 valence electrons. The Balaban J connectivity index is 0.000000109. The number of benzene rings is 20. The summed E-state index contributed by atoms with van der Waals surface area (Å²) in [6.07, 6.45) is 0. The van der Waals surface area contributed by atoms with E-state index in [1.807, 2.05) is 24.3 Å². The molecule has 0 N–H and O–H groups in total. The fourth-order valence-corrected chi connectivity index (χ4v) is 20.6. The van der Waals surface area contributed by atoms with Gasteiger partial charge in [-0.3, -0.25) is 13.7 Å². The van der Waals surface area contributed by atoms with Crippen molar-refractivity contribution in [2.75, 3.05) is 0 Å². The maximum Gasteiger partial charge on any atom is 0.235 e. The van der Waals surface area contributed by atoms with Crippen molar-refractivity contribution < 1.29 is 0 Å². The van der Waals surface area contributed by atoms with Crippen molar-refractivity contribution in [3.8, 4) is 102 Å². The molecule has 0 atom stereocenters. The normalized spacial score (nSPS) is 11.8. The van der Waals surface area contributed by atoms with E-state index in [-0.39, 0.29) is 5.41 Å². The number of rotatable bonds is 11. The molecular formula is C127H87N9. The van der Waals surface area contributed by atoms with Crippen LogP contribution in [0.3, 0.4) is 0 Å². The summed E-state index contributed by atoms with van der Waals surface area (Å²) in [5.41, 5.74) is 30.4. The van der Waals surface area contributed by atoms with E-state index in [0.717, 1.165) is 94.1 Å². The minimum atomic E-state index is 0.111. The predicted octanol–water partition coefficient (Wildman–Crippen LogP) is 33.2. The molecule has 9 heteroatoms. The largest absolute Gasteiger partial charge is 0.309 e. The molecule has 20 aromatic carbocycles. The molecule has 27 aromatic rings. The van der Waals surface area contributed by atoms with Crippen LogP contribution >= 0.6 is 0 Å². The van der Waals surface area contributed by atoms with Gasteiger partial charge in [0.15, 0.2) is 0 Å². The number of aromatic nitrogens is 9. The summed E-state index contributed by atoms with van der Waals surface area (Å²) >= 11 is 0. The Labute approximate surface area is 785 Å². The maximum atomic E-state index is 5.33. The molecule has 7 aromatic heterocycles. The van der Waals surface area contributed by atoms with Gasteiger partial charge in [0.2, 0.25) is 11.9 Å². The van der Waals surface area contributed by atoms with Crippen LogP contribution in [0.4, 0.5) is 0 Å². The van der Waals surface area contributed by atoms with Crippen molar-refractivity contribution in [3.63, 3.8) is 0 Å². The zero-order valence-corrected chi connectivity index (χ0v) is 75.1. The average molecular weight is 1740 g/mol. The average Bonchev–Trinajstić information content (AvgIpc) is 1.57. The molecule has 0 aliphatic heterocycles. The van der Waals surface area contributed by atoms with Crippen LogP contribution in [0.15, 0.2) is 473 Å². The summed E-state index contributed by atoms with van der Waals surface area (Å²) in [5.74, 6) is 2.25. The molecule has 0 saturated heterocycles. The smallest absolute Gasteiger partial charge is 0.235 e. The van der Waals surface area contributed by atoms with Gasteiger partial charge < -0.3 is 4.57 Å². The second kappa shape index (κ2) is 33.2. The van der Waals surface area contributed by atoms with E-state index < -0.39 is 0 Å². The molecule has 0 spiro atoms. The molecule has 9 nitrogen and oxygen atoms in total. The van der Waals surface area contributed by atoms with Crippen LogP contribution in [0.1, 0.15) is 26.3 Å². The lowest BCUT2D eigenvalue weighted by molar-refractivity contribution is 0.590. The first-order chi connectivity index (χ1) is 67.1. The van der Waals surface area contributed by atoms with Crippen molar-refractivity contribution in [3.05, 3.63) is 479 Å². The Hall–Kier alpha value is -17.8. The summed E-state index contributed by atoms with van der Waals surface area (Å²) in [5, 5.41) is 17.9. The van der Waals surface area contributed by atoms with E-state index >= 15 is 0 Å². The van der Waals surface area contributed by atoms with E-state index in [0.29, 0.717) is 11.9 Å². The third-order valence-corrected chi connectivity index (χ3v) is 27.1.